The smallest absolute Gasteiger partial charge is 0.145 e. The van der Waals surface area contributed by atoms with Gasteiger partial charge >= 0.3 is 0 Å². The first-order valence-electron chi connectivity index (χ1n) is 20.5. The van der Waals surface area contributed by atoms with Crippen LogP contribution in [0.25, 0.3) is 88.6 Å². The van der Waals surface area contributed by atoms with Crippen LogP contribution in [0.2, 0.25) is 0 Å². The molecule has 278 valence electrons. The molecule has 9 aromatic carbocycles. The Morgan fingerprint density at radius 1 is 0.441 bits per heavy atom. The lowest BCUT2D eigenvalue weighted by Crippen LogP contribution is -2.06. The number of nitrogens with zero attached hydrogens (tertiary/aromatic N) is 2. The van der Waals surface area contributed by atoms with Gasteiger partial charge in [0.2, 0.25) is 0 Å². The maximum absolute atomic E-state index is 5.15. The van der Waals surface area contributed by atoms with Crippen LogP contribution in [0.4, 0.5) is 0 Å². The lowest BCUT2D eigenvalue weighted by molar-refractivity contribution is 0.876. The summed E-state index contributed by atoms with van der Waals surface area (Å²) in [6.45, 7) is 0. The van der Waals surface area contributed by atoms with Gasteiger partial charge in [0.25, 0.3) is 0 Å². The maximum Gasteiger partial charge on any atom is 0.145 e. The van der Waals surface area contributed by atoms with Crippen molar-refractivity contribution >= 4 is 38.2 Å². The highest BCUT2D eigenvalue weighted by molar-refractivity contribution is 6.21. The van der Waals surface area contributed by atoms with Gasteiger partial charge in [-0.15, -0.1) is 0 Å². The number of fused-ring (bicyclic) bond motifs is 3. The average molecular weight is 753 g/mol. The van der Waals surface area contributed by atoms with Gasteiger partial charge in [-0.05, 0) is 108 Å². The van der Waals surface area contributed by atoms with E-state index in [1.165, 1.54) is 71.6 Å². The molecule has 0 bridgehead atoms. The van der Waals surface area contributed by atoms with Crippen molar-refractivity contribution in [1.29, 1.82) is 0 Å². The number of imidazole rings is 1. The fourth-order valence-electron chi connectivity index (χ4n) is 9.29. The lowest BCUT2D eigenvalue weighted by atomic mass is 9.76. The van der Waals surface area contributed by atoms with Crippen molar-refractivity contribution in [3.8, 4) is 50.5 Å². The summed E-state index contributed by atoms with van der Waals surface area (Å²) < 4.78 is 2.27. The average Bonchev–Trinajstić information content (AvgIpc) is 3.71. The van der Waals surface area contributed by atoms with E-state index in [9.17, 15) is 0 Å². The van der Waals surface area contributed by atoms with E-state index >= 15 is 0 Å². The summed E-state index contributed by atoms with van der Waals surface area (Å²) in [5, 5.41) is 5.05. The summed E-state index contributed by atoms with van der Waals surface area (Å²) in [4.78, 5) is 5.15. The number of aromatic nitrogens is 2. The molecule has 0 spiro atoms. The van der Waals surface area contributed by atoms with Gasteiger partial charge in [-0.3, -0.25) is 4.57 Å². The van der Waals surface area contributed by atoms with E-state index in [1.54, 1.807) is 0 Å². The van der Waals surface area contributed by atoms with Crippen LogP contribution in [-0.2, 0) is 0 Å². The number of hydrogen-bond acceptors (Lipinski definition) is 1. The molecular weight excluding hydrogens is 713 g/mol. The van der Waals surface area contributed by atoms with Crippen LogP contribution in [-0.4, -0.2) is 9.55 Å². The molecule has 1 unspecified atom stereocenters. The topological polar surface area (TPSA) is 17.8 Å². The highest BCUT2D eigenvalue weighted by Gasteiger charge is 2.26. The highest BCUT2D eigenvalue weighted by Crippen LogP contribution is 2.49. The van der Waals surface area contributed by atoms with Crippen molar-refractivity contribution in [2.24, 2.45) is 0 Å². The molecule has 0 saturated carbocycles. The molecule has 0 aliphatic heterocycles. The molecule has 10 aromatic rings. The van der Waals surface area contributed by atoms with Gasteiger partial charge in [-0.1, -0.05) is 194 Å². The minimum atomic E-state index is 0.238. The van der Waals surface area contributed by atoms with Gasteiger partial charge in [0, 0.05) is 17.2 Å². The molecule has 0 fully saturated rings. The van der Waals surface area contributed by atoms with E-state index < -0.39 is 0 Å². The van der Waals surface area contributed by atoms with Gasteiger partial charge in [0.15, 0.2) is 0 Å². The van der Waals surface area contributed by atoms with Crippen LogP contribution >= 0.6 is 0 Å². The third kappa shape index (κ3) is 6.09. The molecule has 1 aromatic heterocycles. The van der Waals surface area contributed by atoms with Crippen LogP contribution in [0.3, 0.4) is 0 Å². The van der Waals surface area contributed by atoms with Crippen molar-refractivity contribution in [2.45, 2.75) is 12.3 Å². The first-order valence-corrected chi connectivity index (χ1v) is 20.5. The molecule has 2 heteroatoms. The van der Waals surface area contributed by atoms with Crippen molar-refractivity contribution in [2.75, 3.05) is 0 Å². The zero-order chi connectivity index (χ0) is 39.1. The standard InChI is InChI=1S/C57H40N2/c1-4-18-40(19-5-1)45-24-10-12-26-47(45)55-49-28-14-15-29-50(49)56(48-27-13-11-25-46(48)41-20-6-2-7-21-41)52-38-43(36-37-51(52)55)39-32-34-42(35-33-39)57-58-53-30-16-17-31-54(53)59(57)44-22-8-3-9-23-44/h1-24,26-38,46H,25H2. The quantitative estimate of drug-likeness (QED) is 0.148. The molecular formula is C57H40N2. The van der Waals surface area contributed by atoms with Crippen LogP contribution in [0, 0.1) is 0 Å². The number of hydrogen-bond donors (Lipinski definition) is 0. The summed E-state index contributed by atoms with van der Waals surface area (Å²) in [7, 11) is 0. The van der Waals surface area contributed by atoms with E-state index in [2.05, 4.69) is 229 Å². The first-order chi connectivity index (χ1) is 29.3. The van der Waals surface area contributed by atoms with E-state index in [1.807, 2.05) is 0 Å². The first kappa shape index (κ1) is 34.7. The van der Waals surface area contributed by atoms with Crippen molar-refractivity contribution in [1.82, 2.24) is 9.55 Å². The zero-order valence-corrected chi connectivity index (χ0v) is 32.5. The van der Waals surface area contributed by atoms with E-state index in [0.29, 0.717) is 0 Å². The Morgan fingerprint density at radius 2 is 1.03 bits per heavy atom. The Morgan fingerprint density at radius 3 is 1.81 bits per heavy atom. The summed E-state index contributed by atoms with van der Waals surface area (Å²) >= 11 is 0. The van der Waals surface area contributed by atoms with Crippen LogP contribution in [0.15, 0.2) is 224 Å². The van der Waals surface area contributed by atoms with Crippen molar-refractivity contribution < 1.29 is 0 Å². The maximum atomic E-state index is 5.15. The predicted molar refractivity (Wildman–Crippen MR) is 249 cm³/mol. The van der Waals surface area contributed by atoms with Gasteiger partial charge in [-0.25, -0.2) is 4.98 Å². The van der Waals surface area contributed by atoms with Crippen molar-refractivity contribution in [3.63, 3.8) is 0 Å². The van der Waals surface area contributed by atoms with Gasteiger partial charge in [0.1, 0.15) is 5.82 Å². The molecule has 0 saturated heterocycles. The Kier molecular flexibility index (Phi) is 8.67. The second kappa shape index (κ2) is 14.8. The zero-order valence-electron chi connectivity index (χ0n) is 32.5. The molecule has 0 radical (unpaired) electrons. The fraction of sp³-hybridized carbons (Fsp3) is 0.0351. The second-order valence-corrected chi connectivity index (χ2v) is 15.4. The van der Waals surface area contributed by atoms with Gasteiger partial charge < -0.3 is 0 Å². The third-order valence-corrected chi connectivity index (χ3v) is 12.0. The molecule has 1 aliphatic carbocycles. The molecule has 0 N–H and O–H groups in total. The van der Waals surface area contributed by atoms with Crippen LogP contribution < -0.4 is 0 Å². The monoisotopic (exact) mass is 752 g/mol. The Labute approximate surface area is 344 Å². The molecule has 1 atom stereocenters. The third-order valence-electron chi connectivity index (χ3n) is 12.0. The van der Waals surface area contributed by atoms with Crippen LogP contribution in [0.1, 0.15) is 23.5 Å². The second-order valence-electron chi connectivity index (χ2n) is 15.4. The van der Waals surface area contributed by atoms with E-state index in [4.69, 9.17) is 4.98 Å². The number of rotatable bonds is 7. The predicted octanol–water partition coefficient (Wildman–Crippen LogP) is 15.1. The Hall–Kier alpha value is -7.55. The highest BCUT2D eigenvalue weighted by atomic mass is 15.1. The minimum absolute atomic E-state index is 0.238. The van der Waals surface area contributed by atoms with Gasteiger partial charge in [-0.2, -0.15) is 0 Å². The molecule has 2 nitrogen and oxygen atoms in total. The van der Waals surface area contributed by atoms with Gasteiger partial charge in [0.05, 0.1) is 11.0 Å². The molecule has 0 amide bonds. The van der Waals surface area contributed by atoms with E-state index in [-0.39, 0.29) is 5.92 Å². The fourth-order valence-corrected chi connectivity index (χ4v) is 9.29. The normalized spacial score (nSPS) is 13.9. The SMILES string of the molecule is C1=CCC(c2ccccc2)C(c2c3ccccc3c(-c3ccccc3-c3ccccc3)c3ccc(-c4ccc(-c5nc6ccccc6n5-c5ccccc5)cc4)cc23)=C1. The number of allylic oxidation sites excluding steroid dienone is 4. The van der Waals surface area contributed by atoms with Crippen LogP contribution in [0.5, 0.6) is 0 Å². The number of para-hydroxylation sites is 3. The summed E-state index contributed by atoms with van der Waals surface area (Å²) in [5.74, 6) is 1.17. The van der Waals surface area contributed by atoms with E-state index in [0.717, 1.165) is 34.5 Å². The van der Waals surface area contributed by atoms with Crippen molar-refractivity contribution in [3.05, 3.63) is 236 Å². The molecule has 1 heterocycles. The number of benzene rings is 9. The Balaban J connectivity index is 1.13. The lowest BCUT2D eigenvalue weighted by Gasteiger charge is -2.27. The minimum Gasteiger partial charge on any atom is -0.292 e. The molecule has 59 heavy (non-hydrogen) atoms. The summed E-state index contributed by atoms with van der Waals surface area (Å²) in [5.41, 5.74) is 15.6. The molecule has 1 aliphatic rings. The summed E-state index contributed by atoms with van der Waals surface area (Å²) in [6.07, 6.45) is 7.88. The largest absolute Gasteiger partial charge is 0.292 e. The Bertz CT molecular complexity index is 3210. The summed E-state index contributed by atoms with van der Waals surface area (Å²) in [6, 6.07) is 74.8. The molecule has 11 rings (SSSR count).